The van der Waals surface area contributed by atoms with Crippen molar-refractivity contribution in [3.63, 3.8) is 0 Å². The first-order valence-electron chi connectivity index (χ1n) is 8.16. The van der Waals surface area contributed by atoms with Gasteiger partial charge in [0.15, 0.2) is 0 Å². The highest BCUT2D eigenvalue weighted by atomic mass is 16.5. The van der Waals surface area contributed by atoms with Gasteiger partial charge in [-0.3, -0.25) is 4.79 Å². The fourth-order valence-corrected chi connectivity index (χ4v) is 2.24. The van der Waals surface area contributed by atoms with Gasteiger partial charge in [0.2, 0.25) is 11.7 Å². The molecule has 1 aromatic heterocycles. The van der Waals surface area contributed by atoms with E-state index in [0.717, 1.165) is 5.56 Å². The number of amides is 1. The first kappa shape index (κ1) is 16.9. The number of anilines is 1. The number of para-hydroxylation sites is 1. The van der Waals surface area contributed by atoms with Gasteiger partial charge in [-0.1, -0.05) is 67.9 Å². The molecular formula is C20H21N3O2. The Hall–Kier alpha value is -2.95. The Morgan fingerprint density at radius 3 is 2.40 bits per heavy atom. The van der Waals surface area contributed by atoms with E-state index in [9.17, 15) is 4.79 Å². The van der Waals surface area contributed by atoms with Crippen LogP contribution in [-0.2, 0) is 4.79 Å². The SMILES string of the molecule is Cc1ccc(-c2noc(-c3ccccc3NC(=O)C(C)(C)C)n2)cc1. The summed E-state index contributed by atoms with van der Waals surface area (Å²) in [7, 11) is 0. The van der Waals surface area contributed by atoms with Crippen LogP contribution in [0.3, 0.4) is 0 Å². The van der Waals surface area contributed by atoms with Gasteiger partial charge in [0, 0.05) is 11.0 Å². The second kappa shape index (κ2) is 6.51. The first-order chi connectivity index (χ1) is 11.8. The third-order valence-electron chi connectivity index (χ3n) is 3.82. The number of hydrogen-bond donors (Lipinski definition) is 1. The second-order valence-corrected chi connectivity index (χ2v) is 7.04. The molecule has 0 fully saturated rings. The second-order valence-electron chi connectivity index (χ2n) is 7.04. The molecule has 0 unspecified atom stereocenters. The molecule has 1 N–H and O–H groups in total. The average Bonchev–Trinajstić information content (AvgIpc) is 3.05. The molecule has 0 radical (unpaired) electrons. The molecule has 0 aliphatic rings. The fraction of sp³-hybridized carbons (Fsp3) is 0.250. The zero-order valence-electron chi connectivity index (χ0n) is 14.8. The van der Waals surface area contributed by atoms with Gasteiger partial charge in [0.05, 0.1) is 11.3 Å². The molecule has 128 valence electrons. The van der Waals surface area contributed by atoms with E-state index in [1.165, 1.54) is 5.56 Å². The monoisotopic (exact) mass is 335 g/mol. The van der Waals surface area contributed by atoms with Crippen molar-refractivity contribution >= 4 is 11.6 Å². The third-order valence-corrected chi connectivity index (χ3v) is 3.82. The van der Waals surface area contributed by atoms with Crippen LogP contribution in [0.25, 0.3) is 22.8 Å². The number of aromatic nitrogens is 2. The summed E-state index contributed by atoms with van der Waals surface area (Å²) in [6.07, 6.45) is 0. The fourth-order valence-electron chi connectivity index (χ4n) is 2.24. The van der Waals surface area contributed by atoms with E-state index in [1.54, 1.807) is 0 Å². The lowest BCUT2D eigenvalue weighted by Gasteiger charge is -2.18. The quantitative estimate of drug-likeness (QED) is 0.753. The molecule has 3 rings (SSSR count). The van der Waals surface area contributed by atoms with Crippen LogP contribution in [0.1, 0.15) is 26.3 Å². The Morgan fingerprint density at radius 1 is 1.04 bits per heavy atom. The lowest BCUT2D eigenvalue weighted by Crippen LogP contribution is -2.27. The molecule has 0 atom stereocenters. The molecule has 0 saturated carbocycles. The number of aryl methyl sites for hydroxylation is 1. The number of rotatable bonds is 3. The van der Waals surface area contributed by atoms with Crippen LogP contribution >= 0.6 is 0 Å². The Labute approximate surface area is 147 Å². The van der Waals surface area contributed by atoms with E-state index in [4.69, 9.17) is 4.52 Å². The van der Waals surface area contributed by atoms with Gasteiger partial charge in [-0.2, -0.15) is 4.98 Å². The van der Waals surface area contributed by atoms with Crippen molar-refractivity contribution in [2.45, 2.75) is 27.7 Å². The summed E-state index contributed by atoms with van der Waals surface area (Å²) < 4.78 is 5.43. The van der Waals surface area contributed by atoms with E-state index in [1.807, 2.05) is 76.2 Å². The summed E-state index contributed by atoms with van der Waals surface area (Å²) in [5.74, 6) is 0.825. The predicted molar refractivity (Wildman–Crippen MR) is 98.0 cm³/mol. The standard InChI is InChI=1S/C20H21N3O2/c1-13-9-11-14(12-10-13)17-22-18(25-23-17)15-7-5-6-8-16(15)21-19(24)20(2,3)4/h5-12H,1-4H3,(H,21,24). The molecule has 5 heteroatoms. The normalized spacial score (nSPS) is 11.4. The van der Waals surface area contributed by atoms with Crippen molar-refractivity contribution in [2.75, 3.05) is 5.32 Å². The van der Waals surface area contributed by atoms with Gasteiger partial charge in [-0.25, -0.2) is 0 Å². The zero-order valence-corrected chi connectivity index (χ0v) is 14.8. The van der Waals surface area contributed by atoms with Gasteiger partial charge < -0.3 is 9.84 Å². The molecule has 0 aliphatic carbocycles. The molecule has 1 amide bonds. The summed E-state index contributed by atoms with van der Waals surface area (Å²) in [4.78, 5) is 16.8. The van der Waals surface area contributed by atoms with Gasteiger partial charge in [0.1, 0.15) is 0 Å². The average molecular weight is 335 g/mol. The van der Waals surface area contributed by atoms with Crippen molar-refractivity contribution in [3.05, 3.63) is 54.1 Å². The molecule has 2 aromatic carbocycles. The molecule has 0 spiro atoms. The van der Waals surface area contributed by atoms with E-state index >= 15 is 0 Å². The topological polar surface area (TPSA) is 68.0 Å². The summed E-state index contributed by atoms with van der Waals surface area (Å²) in [6, 6.07) is 15.3. The van der Waals surface area contributed by atoms with Crippen LogP contribution in [0.2, 0.25) is 0 Å². The van der Waals surface area contributed by atoms with Gasteiger partial charge in [-0.15, -0.1) is 0 Å². The number of carbonyl (C=O) groups is 1. The molecule has 25 heavy (non-hydrogen) atoms. The summed E-state index contributed by atoms with van der Waals surface area (Å²) >= 11 is 0. The number of nitrogens with one attached hydrogen (secondary N) is 1. The van der Waals surface area contributed by atoms with Crippen LogP contribution in [0.5, 0.6) is 0 Å². The molecule has 0 saturated heterocycles. The van der Waals surface area contributed by atoms with Crippen LogP contribution in [0.15, 0.2) is 53.1 Å². The van der Waals surface area contributed by atoms with Gasteiger partial charge >= 0.3 is 0 Å². The molecule has 1 heterocycles. The van der Waals surface area contributed by atoms with E-state index in [0.29, 0.717) is 23.0 Å². The van der Waals surface area contributed by atoms with Crippen LogP contribution in [0.4, 0.5) is 5.69 Å². The molecule has 5 nitrogen and oxygen atoms in total. The zero-order chi connectivity index (χ0) is 18.0. The van der Waals surface area contributed by atoms with Crippen molar-refractivity contribution in [1.82, 2.24) is 10.1 Å². The Bertz CT molecular complexity index is 890. The lowest BCUT2D eigenvalue weighted by molar-refractivity contribution is -0.123. The number of benzene rings is 2. The Balaban J connectivity index is 1.93. The van der Waals surface area contributed by atoms with Crippen LogP contribution < -0.4 is 5.32 Å². The lowest BCUT2D eigenvalue weighted by atomic mass is 9.95. The maximum atomic E-state index is 12.3. The Morgan fingerprint density at radius 2 is 1.72 bits per heavy atom. The van der Waals surface area contributed by atoms with Gasteiger partial charge in [0.25, 0.3) is 5.89 Å². The minimum Gasteiger partial charge on any atom is -0.334 e. The smallest absolute Gasteiger partial charge is 0.260 e. The van der Waals surface area contributed by atoms with Crippen molar-refractivity contribution < 1.29 is 9.32 Å². The number of nitrogens with zero attached hydrogens (tertiary/aromatic N) is 2. The summed E-state index contributed by atoms with van der Waals surface area (Å²) in [5, 5.41) is 7.00. The summed E-state index contributed by atoms with van der Waals surface area (Å²) in [6.45, 7) is 7.63. The van der Waals surface area contributed by atoms with Gasteiger partial charge in [-0.05, 0) is 19.1 Å². The summed E-state index contributed by atoms with van der Waals surface area (Å²) in [5.41, 5.74) is 2.92. The number of carbonyl (C=O) groups excluding carboxylic acids is 1. The number of hydrogen-bond acceptors (Lipinski definition) is 4. The maximum Gasteiger partial charge on any atom is 0.260 e. The minimum atomic E-state index is -0.491. The van der Waals surface area contributed by atoms with Crippen molar-refractivity contribution in [3.8, 4) is 22.8 Å². The minimum absolute atomic E-state index is 0.0711. The molecular weight excluding hydrogens is 314 g/mol. The van der Waals surface area contributed by atoms with Crippen molar-refractivity contribution in [1.29, 1.82) is 0 Å². The highest BCUT2D eigenvalue weighted by molar-refractivity contribution is 5.97. The van der Waals surface area contributed by atoms with Crippen LogP contribution in [-0.4, -0.2) is 16.0 Å². The van der Waals surface area contributed by atoms with E-state index in [2.05, 4.69) is 15.5 Å². The van der Waals surface area contributed by atoms with Crippen LogP contribution in [0, 0.1) is 12.3 Å². The largest absolute Gasteiger partial charge is 0.334 e. The maximum absolute atomic E-state index is 12.3. The molecule has 0 aliphatic heterocycles. The van der Waals surface area contributed by atoms with E-state index in [-0.39, 0.29) is 5.91 Å². The van der Waals surface area contributed by atoms with Crippen molar-refractivity contribution in [2.24, 2.45) is 5.41 Å². The third kappa shape index (κ3) is 3.76. The highest BCUT2D eigenvalue weighted by Gasteiger charge is 2.23. The molecule has 0 bridgehead atoms. The predicted octanol–water partition coefficient (Wildman–Crippen LogP) is 4.70. The van der Waals surface area contributed by atoms with E-state index < -0.39 is 5.41 Å². The Kier molecular flexibility index (Phi) is 4.40. The highest BCUT2D eigenvalue weighted by Crippen LogP contribution is 2.29. The molecule has 3 aromatic rings. The first-order valence-corrected chi connectivity index (χ1v) is 8.16.